The molecule has 17 heavy (non-hydrogen) atoms. The Kier molecular flexibility index (Phi) is 7.02. The molecule has 4 heteroatoms. The minimum absolute atomic E-state index is 0.172. The maximum Gasteiger partial charge on any atom is 0.307 e. The summed E-state index contributed by atoms with van der Waals surface area (Å²) >= 11 is 0. The first kappa shape index (κ1) is 13.7. The van der Waals surface area contributed by atoms with Gasteiger partial charge in [-0.3, -0.25) is 4.79 Å². The summed E-state index contributed by atoms with van der Waals surface area (Å²) in [5.74, 6) is -0.203. The Bertz CT molecular complexity index is 314. The van der Waals surface area contributed by atoms with Crippen molar-refractivity contribution in [2.24, 2.45) is 0 Å². The first-order chi connectivity index (χ1) is 8.33. The number of hydrogen-bond donors (Lipinski definition) is 2. The van der Waals surface area contributed by atoms with Gasteiger partial charge in [0.15, 0.2) is 0 Å². The number of rotatable bonds is 8. The molecule has 0 aliphatic rings. The van der Waals surface area contributed by atoms with E-state index >= 15 is 0 Å². The molecule has 0 atom stereocenters. The third-order valence-corrected chi connectivity index (χ3v) is 2.26. The summed E-state index contributed by atoms with van der Waals surface area (Å²) in [7, 11) is 0. The molecule has 0 saturated carbocycles. The Morgan fingerprint density at radius 3 is 2.71 bits per heavy atom. The van der Waals surface area contributed by atoms with Crippen LogP contribution >= 0.6 is 0 Å². The molecule has 94 valence electrons. The van der Waals surface area contributed by atoms with E-state index in [1.807, 2.05) is 30.3 Å². The van der Waals surface area contributed by atoms with Gasteiger partial charge >= 0.3 is 5.97 Å². The molecule has 0 bridgehead atoms. The van der Waals surface area contributed by atoms with Crippen molar-refractivity contribution in [1.82, 2.24) is 5.32 Å². The minimum Gasteiger partial charge on any atom is -0.461 e. The Morgan fingerprint density at radius 1 is 1.24 bits per heavy atom. The normalized spacial score (nSPS) is 10.2. The summed E-state index contributed by atoms with van der Waals surface area (Å²) in [6.45, 7) is 1.82. The maximum absolute atomic E-state index is 11.3. The van der Waals surface area contributed by atoms with Crippen LogP contribution in [0.15, 0.2) is 30.3 Å². The van der Waals surface area contributed by atoms with E-state index in [0.29, 0.717) is 26.0 Å². The summed E-state index contributed by atoms with van der Waals surface area (Å²) < 4.78 is 5.11. The van der Waals surface area contributed by atoms with E-state index in [1.54, 1.807) is 0 Å². The Morgan fingerprint density at radius 2 is 2.00 bits per heavy atom. The molecule has 4 nitrogen and oxygen atoms in total. The molecule has 0 aliphatic carbocycles. The van der Waals surface area contributed by atoms with Crippen LogP contribution in [0, 0.1) is 0 Å². The molecular weight excluding hydrogens is 218 g/mol. The zero-order valence-electron chi connectivity index (χ0n) is 9.89. The molecule has 0 amide bonds. The lowest BCUT2D eigenvalue weighted by molar-refractivity contribution is -0.144. The predicted molar refractivity (Wildman–Crippen MR) is 65.4 cm³/mol. The fourth-order valence-corrected chi connectivity index (χ4v) is 1.33. The molecule has 0 heterocycles. The van der Waals surface area contributed by atoms with E-state index in [9.17, 15) is 4.79 Å². The van der Waals surface area contributed by atoms with E-state index < -0.39 is 0 Å². The highest BCUT2D eigenvalue weighted by Gasteiger charge is 2.02. The Labute approximate surface area is 102 Å². The number of nitrogens with one attached hydrogen (secondary N) is 1. The highest BCUT2D eigenvalue weighted by atomic mass is 16.5. The largest absolute Gasteiger partial charge is 0.461 e. The summed E-state index contributed by atoms with van der Waals surface area (Å²) in [6.07, 6.45) is 1.07. The summed E-state index contributed by atoms with van der Waals surface area (Å²) in [4.78, 5) is 11.3. The first-order valence-corrected chi connectivity index (χ1v) is 5.84. The molecule has 1 aromatic rings. The van der Waals surface area contributed by atoms with E-state index in [-0.39, 0.29) is 12.6 Å². The van der Waals surface area contributed by atoms with E-state index in [1.165, 1.54) is 0 Å². The zero-order valence-corrected chi connectivity index (χ0v) is 9.89. The monoisotopic (exact) mass is 237 g/mol. The van der Waals surface area contributed by atoms with Crippen molar-refractivity contribution in [3.05, 3.63) is 35.9 Å². The predicted octanol–water partition coefficient (Wildman–Crippen LogP) is 1.09. The van der Waals surface area contributed by atoms with Crippen LogP contribution in [0.1, 0.15) is 18.4 Å². The van der Waals surface area contributed by atoms with Crippen molar-refractivity contribution in [1.29, 1.82) is 0 Å². The van der Waals surface area contributed by atoms with Gasteiger partial charge in [-0.1, -0.05) is 30.3 Å². The van der Waals surface area contributed by atoms with Crippen molar-refractivity contribution in [2.45, 2.75) is 19.4 Å². The third-order valence-electron chi connectivity index (χ3n) is 2.26. The number of esters is 1. The maximum atomic E-state index is 11.3. The van der Waals surface area contributed by atoms with Crippen LogP contribution in [0.5, 0.6) is 0 Å². The highest BCUT2D eigenvalue weighted by Crippen LogP contribution is 2.01. The van der Waals surface area contributed by atoms with Crippen LogP contribution in [0.2, 0.25) is 0 Å². The van der Waals surface area contributed by atoms with Crippen LogP contribution < -0.4 is 5.32 Å². The van der Waals surface area contributed by atoms with Gasteiger partial charge in [-0.2, -0.15) is 0 Å². The van der Waals surface area contributed by atoms with Crippen LogP contribution in [0.3, 0.4) is 0 Å². The molecule has 1 rings (SSSR count). The number of aliphatic hydroxyl groups excluding tert-OH is 1. The summed E-state index contributed by atoms with van der Waals surface area (Å²) in [5.41, 5.74) is 0.995. The number of ether oxygens (including phenoxy) is 1. The number of carbonyl (C=O) groups excluding carboxylic acids is 1. The lowest BCUT2D eigenvalue weighted by Crippen LogP contribution is -2.21. The number of benzene rings is 1. The van der Waals surface area contributed by atoms with E-state index in [2.05, 4.69) is 5.32 Å². The van der Waals surface area contributed by atoms with Gasteiger partial charge in [0, 0.05) is 13.2 Å². The van der Waals surface area contributed by atoms with Crippen molar-refractivity contribution in [3.63, 3.8) is 0 Å². The van der Waals surface area contributed by atoms with Crippen LogP contribution in [-0.4, -0.2) is 30.8 Å². The van der Waals surface area contributed by atoms with Crippen LogP contribution in [0.25, 0.3) is 0 Å². The standard InChI is InChI=1S/C13H19NO3/c15-10-4-8-14-9-7-13(16)17-11-12-5-2-1-3-6-12/h1-3,5-6,14-15H,4,7-11H2. The quantitative estimate of drug-likeness (QED) is 0.525. The van der Waals surface area contributed by atoms with Gasteiger partial charge in [-0.05, 0) is 18.5 Å². The van der Waals surface area contributed by atoms with Crippen molar-refractivity contribution < 1.29 is 14.6 Å². The Hall–Kier alpha value is -1.39. The van der Waals surface area contributed by atoms with Crippen molar-refractivity contribution in [2.75, 3.05) is 19.7 Å². The number of hydrogen-bond acceptors (Lipinski definition) is 4. The summed E-state index contributed by atoms with van der Waals surface area (Å²) in [5, 5.41) is 11.6. The lowest BCUT2D eigenvalue weighted by Gasteiger charge is -2.05. The average Bonchev–Trinajstić information content (AvgIpc) is 2.37. The third kappa shape index (κ3) is 6.71. The highest BCUT2D eigenvalue weighted by molar-refractivity contribution is 5.69. The van der Waals surface area contributed by atoms with Crippen molar-refractivity contribution in [3.8, 4) is 0 Å². The molecule has 0 spiro atoms. The van der Waals surface area contributed by atoms with Crippen molar-refractivity contribution >= 4 is 5.97 Å². The fraction of sp³-hybridized carbons (Fsp3) is 0.462. The minimum atomic E-state index is -0.203. The van der Waals surface area contributed by atoms with Crippen LogP contribution in [-0.2, 0) is 16.1 Å². The summed E-state index contributed by atoms with van der Waals surface area (Å²) in [6, 6.07) is 9.61. The molecule has 0 saturated heterocycles. The second kappa shape index (κ2) is 8.73. The first-order valence-electron chi connectivity index (χ1n) is 5.84. The van der Waals surface area contributed by atoms with Gasteiger partial charge in [-0.25, -0.2) is 0 Å². The average molecular weight is 237 g/mol. The van der Waals surface area contributed by atoms with E-state index in [4.69, 9.17) is 9.84 Å². The van der Waals surface area contributed by atoms with Crippen LogP contribution in [0.4, 0.5) is 0 Å². The molecule has 0 aromatic heterocycles. The fourth-order valence-electron chi connectivity index (χ4n) is 1.33. The van der Waals surface area contributed by atoms with Gasteiger partial charge in [0.1, 0.15) is 6.61 Å². The van der Waals surface area contributed by atoms with E-state index in [0.717, 1.165) is 12.1 Å². The SMILES string of the molecule is O=C(CCNCCCO)OCc1ccccc1. The molecule has 0 fully saturated rings. The van der Waals surface area contributed by atoms with Gasteiger partial charge in [0.05, 0.1) is 6.42 Å². The molecular formula is C13H19NO3. The number of carbonyl (C=O) groups is 1. The van der Waals surface area contributed by atoms with Gasteiger partial charge in [0.2, 0.25) is 0 Å². The second-order valence-corrected chi connectivity index (χ2v) is 3.72. The van der Waals surface area contributed by atoms with Gasteiger partial charge in [0.25, 0.3) is 0 Å². The second-order valence-electron chi connectivity index (χ2n) is 3.72. The van der Waals surface area contributed by atoms with Gasteiger partial charge < -0.3 is 15.2 Å². The molecule has 1 aromatic carbocycles. The molecule has 0 radical (unpaired) electrons. The molecule has 2 N–H and O–H groups in total. The number of aliphatic hydroxyl groups is 1. The Balaban J connectivity index is 2.05. The lowest BCUT2D eigenvalue weighted by atomic mass is 10.2. The molecule has 0 aliphatic heterocycles. The smallest absolute Gasteiger partial charge is 0.307 e. The van der Waals surface area contributed by atoms with Gasteiger partial charge in [-0.15, -0.1) is 0 Å². The zero-order chi connectivity index (χ0) is 12.3. The topological polar surface area (TPSA) is 58.6 Å². The molecule has 0 unspecified atom stereocenters.